The maximum absolute atomic E-state index is 10.3. The van der Waals surface area contributed by atoms with Gasteiger partial charge in [0.1, 0.15) is 39.6 Å². The van der Waals surface area contributed by atoms with Crippen LogP contribution in [-0.2, 0) is 14.2 Å². The normalized spacial score (nSPS) is 11.3. The first kappa shape index (κ1) is 43.7. The molecule has 0 spiro atoms. The van der Waals surface area contributed by atoms with Crippen LogP contribution in [0.5, 0.6) is 46.0 Å². The Bertz CT molecular complexity index is 2750. The molecule has 0 heterocycles. The summed E-state index contributed by atoms with van der Waals surface area (Å²) in [4.78, 5) is 0. The van der Waals surface area contributed by atoms with Crippen LogP contribution in [0.15, 0.2) is 146 Å². The number of benzene rings is 8. The first-order valence-electron chi connectivity index (χ1n) is 21.5. The van der Waals surface area contributed by atoms with Gasteiger partial charge in [-0.1, -0.05) is 97.1 Å². The van der Waals surface area contributed by atoms with E-state index in [1.807, 2.05) is 140 Å². The SMILES string of the molecule is COc1cc2ccccc2cc1OCCOCCOc1cc2ccccc2cc1OCCOCCOc1cc2ccccc2cc1OCCOCCOc1cc2ccccc2cc1O. The maximum atomic E-state index is 10.3. The van der Waals surface area contributed by atoms with E-state index in [1.165, 1.54) is 0 Å². The summed E-state index contributed by atoms with van der Waals surface area (Å²) in [5.41, 5.74) is 0. The fourth-order valence-corrected chi connectivity index (χ4v) is 7.21. The average molecular weight is 865 g/mol. The van der Waals surface area contributed by atoms with Crippen molar-refractivity contribution in [3.8, 4) is 46.0 Å². The van der Waals surface area contributed by atoms with Crippen LogP contribution in [0.1, 0.15) is 0 Å². The van der Waals surface area contributed by atoms with Crippen molar-refractivity contribution < 1.29 is 52.5 Å². The van der Waals surface area contributed by atoms with Crippen LogP contribution in [0.2, 0.25) is 0 Å². The number of hydrogen-bond donors (Lipinski definition) is 1. The molecular formula is C53H52O11. The van der Waals surface area contributed by atoms with E-state index >= 15 is 0 Å². The minimum Gasteiger partial charge on any atom is -0.504 e. The monoisotopic (exact) mass is 864 g/mol. The van der Waals surface area contributed by atoms with Gasteiger partial charge >= 0.3 is 0 Å². The van der Waals surface area contributed by atoms with Gasteiger partial charge < -0.3 is 52.5 Å². The van der Waals surface area contributed by atoms with Crippen molar-refractivity contribution in [1.29, 1.82) is 0 Å². The Morgan fingerprint density at radius 1 is 0.281 bits per heavy atom. The van der Waals surface area contributed by atoms with Gasteiger partial charge in [0.25, 0.3) is 0 Å². The summed E-state index contributed by atoms with van der Waals surface area (Å²) >= 11 is 0. The van der Waals surface area contributed by atoms with Crippen LogP contribution in [0.3, 0.4) is 0 Å². The third-order valence-corrected chi connectivity index (χ3v) is 10.4. The van der Waals surface area contributed by atoms with Crippen molar-refractivity contribution in [1.82, 2.24) is 0 Å². The van der Waals surface area contributed by atoms with Gasteiger partial charge in [-0.2, -0.15) is 0 Å². The third-order valence-electron chi connectivity index (χ3n) is 10.4. The summed E-state index contributed by atoms with van der Waals surface area (Å²) < 4.78 is 59.5. The zero-order valence-electron chi connectivity index (χ0n) is 35.9. The zero-order valence-corrected chi connectivity index (χ0v) is 35.9. The lowest BCUT2D eigenvalue weighted by Crippen LogP contribution is -2.14. The van der Waals surface area contributed by atoms with Gasteiger partial charge in [0.05, 0.1) is 46.8 Å². The molecule has 0 aliphatic carbocycles. The summed E-state index contributed by atoms with van der Waals surface area (Å²) in [5, 5.41) is 18.6. The van der Waals surface area contributed by atoms with Crippen LogP contribution < -0.4 is 33.2 Å². The summed E-state index contributed by atoms with van der Waals surface area (Å²) in [7, 11) is 1.64. The molecule has 0 radical (unpaired) electrons. The molecule has 330 valence electrons. The van der Waals surface area contributed by atoms with Crippen molar-refractivity contribution in [3.63, 3.8) is 0 Å². The Hall–Kier alpha value is -6.92. The fraction of sp³-hybridized carbons (Fsp3) is 0.245. The van der Waals surface area contributed by atoms with Gasteiger partial charge in [0.2, 0.25) is 0 Å². The Balaban J connectivity index is 0.750. The number of hydrogen-bond acceptors (Lipinski definition) is 11. The van der Waals surface area contributed by atoms with E-state index in [2.05, 4.69) is 0 Å². The molecule has 11 nitrogen and oxygen atoms in total. The van der Waals surface area contributed by atoms with Crippen LogP contribution >= 0.6 is 0 Å². The number of fused-ring (bicyclic) bond motifs is 4. The highest BCUT2D eigenvalue weighted by molar-refractivity contribution is 5.88. The molecule has 0 amide bonds. The molecule has 0 atom stereocenters. The van der Waals surface area contributed by atoms with Crippen molar-refractivity contribution in [3.05, 3.63) is 146 Å². The number of methoxy groups -OCH3 is 1. The van der Waals surface area contributed by atoms with Gasteiger partial charge in [-0.15, -0.1) is 0 Å². The summed E-state index contributed by atoms with van der Waals surface area (Å²) in [6.07, 6.45) is 0. The molecular weight excluding hydrogens is 813 g/mol. The smallest absolute Gasteiger partial charge is 0.161 e. The van der Waals surface area contributed by atoms with Gasteiger partial charge in [0.15, 0.2) is 46.0 Å². The predicted octanol–water partition coefficient (Wildman–Crippen LogP) is 10.4. The topological polar surface area (TPSA) is 113 Å². The second-order valence-electron chi connectivity index (χ2n) is 14.7. The standard InChI is InChI=1S/C53H52O11/c1-55-48-32-40-12-4-5-13-41(40)33-49(48)60-25-19-57-21-27-62-52-36-44-16-8-9-17-45(44)37-53(52)64-29-23-58-22-28-63-51-35-43-15-7-6-14-42(43)34-50(51)61-26-20-56-18-24-59-47-31-39-11-3-2-10-38(39)30-46(47)54/h2-17,30-37,54H,18-29H2,1H3. The first-order chi connectivity index (χ1) is 31.6. The number of aromatic hydroxyl groups is 1. The molecule has 0 aliphatic rings. The van der Waals surface area contributed by atoms with Crippen LogP contribution in [-0.4, -0.2) is 91.5 Å². The Morgan fingerprint density at radius 3 is 0.781 bits per heavy atom. The zero-order chi connectivity index (χ0) is 43.8. The second-order valence-corrected chi connectivity index (χ2v) is 14.7. The van der Waals surface area contributed by atoms with E-state index in [4.69, 9.17) is 47.4 Å². The molecule has 0 saturated carbocycles. The molecule has 64 heavy (non-hydrogen) atoms. The Kier molecular flexibility index (Phi) is 15.3. The number of phenolic OH excluding ortho intramolecular Hbond substituents is 1. The highest BCUT2D eigenvalue weighted by Gasteiger charge is 2.12. The fourth-order valence-electron chi connectivity index (χ4n) is 7.21. The van der Waals surface area contributed by atoms with Crippen molar-refractivity contribution >= 4 is 43.1 Å². The molecule has 0 aromatic heterocycles. The highest BCUT2D eigenvalue weighted by Crippen LogP contribution is 2.35. The average Bonchev–Trinajstić information content (AvgIpc) is 3.32. The minimum atomic E-state index is 0.0994. The lowest BCUT2D eigenvalue weighted by Gasteiger charge is -2.16. The molecule has 11 heteroatoms. The van der Waals surface area contributed by atoms with E-state index in [0.717, 1.165) is 43.1 Å². The Labute approximate surface area is 372 Å². The number of rotatable bonds is 25. The van der Waals surface area contributed by atoms with Crippen molar-refractivity contribution in [2.75, 3.05) is 86.4 Å². The molecule has 0 bridgehead atoms. The molecule has 0 aliphatic heterocycles. The van der Waals surface area contributed by atoms with Gasteiger partial charge in [-0.05, 0) is 91.6 Å². The van der Waals surface area contributed by atoms with E-state index in [9.17, 15) is 5.11 Å². The summed E-state index contributed by atoms with van der Waals surface area (Å²) in [6, 6.07) is 47.4. The van der Waals surface area contributed by atoms with E-state index in [0.29, 0.717) is 113 Å². The van der Waals surface area contributed by atoms with Crippen molar-refractivity contribution in [2.45, 2.75) is 0 Å². The molecule has 8 aromatic rings. The quantitative estimate of drug-likeness (QED) is 0.0554. The maximum Gasteiger partial charge on any atom is 0.161 e. The largest absolute Gasteiger partial charge is 0.504 e. The van der Waals surface area contributed by atoms with E-state index in [1.54, 1.807) is 13.2 Å². The lowest BCUT2D eigenvalue weighted by molar-refractivity contribution is 0.0671. The van der Waals surface area contributed by atoms with Gasteiger partial charge in [0, 0.05) is 0 Å². The van der Waals surface area contributed by atoms with E-state index < -0.39 is 0 Å². The molecule has 1 N–H and O–H groups in total. The van der Waals surface area contributed by atoms with Crippen LogP contribution in [0.25, 0.3) is 43.1 Å². The van der Waals surface area contributed by atoms with Crippen LogP contribution in [0, 0.1) is 0 Å². The van der Waals surface area contributed by atoms with Crippen LogP contribution in [0.4, 0.5) is 0 Å². The molecule has 8 rings (SSSR count). The second kappa shape index (κ2) is 22.4. The first-order valence-corrected chi connectivity index (χ1v) is 21.5. The molecule has 0 saturated heterocycles. The predicted molar refractivity (Wildman–Crippen MR) is 249 cm³/mol. The van der Waals surface area contributed by atoms with Crippen molar-refractivity contribution in [2.24, 2.45) is 0 Å². The summed E-state index contributed by atoms with van der Waals surface area (Å²) in [5.74, 6) is 4.38. The third kappa shape index (κ3) is 11.8. The molecule has 8 aromatic carbocycles. The minimum absolute atomic E-state index is 0.0994. The lowest BCUT2D eigenvalue weighted by atomic mass is 10.1. The number of ether oxygens (including phenoxy) is 10. The van der Waals surface area contributed by atoms with Gasteiger partial charge in [-0.3, -0.25) is 0 Å². The van der Waals surface area contributed by atoms with Gasteiger partial charge in [-0.25, -0.2) is 0 Å². The number of phenols is 1. The summed E-state index contributed by atoms with van der Waals surface area (Å²) in [6.45, 7) is 4.09. The Morgan fingerprint density at radius 2 is 0.500 bits per heavy atom. The molecule has 0 unspecified atom stereocenters. The van der Waals surface area contributed by atoms with E-state index in [-0.39, 0.29) is 12.4 Å². The highest BCUT2D eigenvalue weighted by atomic mass is 16.6. The molecule has 0 fully saturated rings.